The third kappa shape index (κ3) is 3.57. The van der Waals surface area contributed by atoms with Gasteiger partial charge in [0.1, 0.15) is 6.10 Å². The highest BCUT2D eigenvalue weighted by Crippen LogP contribution is 2.43. The average molecular weight is 574 g/mol. The van der Waals surface area contributed by atoms with Crippen LogP contribution >= 0.6 is 22.6 Å². The summed E-state index contributed by atoms with van der Waals surface area (Å²) >= 11 is 2.42. The molecule has 5 rings (SSSR count). The molecule has 0 bridgehead atoms. The maximum Gasteiger partial charge on any atom is 0.343 e. The van der Waals surface area contributed by atoms with Gasteiger partial charge in [-0.1, -0.05) is 66.9 Å². The number of fused-ring (bicyclic) bond motifs is 5. The zero-order valence-electron chi connectivity index (χ0n) is 19.0. The lowest BCUT2D eigenvalue weighted by Gasteiger charge is -2.37. The molecule has 2 aliphatic heterocycles. The van der Waals surface area contributed by atoms with Crippen LogP contribution in [0.15, 0.2) is 41.2 Å². The lowest BCUT2D eigenvalue weighted by molar-refractivity contribution is -0.178. The highest BCUT2D eigenvalue weighted by atomic mass is 127. The Bertz CT molecular complexity index is 1350. The van der Waals surface area contributed by atoms with Crippen LogP contribution in [0, 0.1) is 0 Å². The molecule has 1 N–H and O–H groups in total. The lowest BCUT2D eigenvalue weighted by atomic mass is 9.83. The molecular weight excluding hydrogens is 547 g/mol. The zero-order valence-corrected chi connectivity index (χ0v) is 22.2. The van der Waals surface area contributed by atoms with Gasteiger partial charge in [0.2, 0.25) is 0 Å². The second-order valence-corrected chi connectivity index (χ2v) is 17.3. The number of nitrogens with zero attached hydrogens (tertiary/aromatic N) is 2. The maximum atomic E-state index is 13.8. The minimum atomic E-state index is -1.82. The highest BCUT2D eigenvalue weighted by Gasteiger charge is 2.49. The Labute approximate surface area is 207 Å². The molecule has 0 fully saturated rings. The van der Waals surface area contributed by atoms with Crippen molar-refractivity contribution in [2.45, 2.75) is 57.2 Å². The SMILES string of the molecule is CC[C@@]1(O)C(=O)OC(CC[Si](C)(C)CI)c2c1cc1n(c2=O)Cc2cc3ccccc3nc2-1. The molecule has 0 spiro atoms. The third-order valence-corrected chi connectivity index (χ3v) is 15.6. The fourth-order valence-electron chi connectivity index (χ4n) is 4.86. The van der Waals surface area contributed by atoms with Gasteiger partial charge in [0.05, 0.1) is 37.1 Å². The van der Waals surface area contributed by atoms with E-state index in [0.29, 0.717) is 29.8 Å². The van der Waals surface area contributed by atoms with Crippen molar-refractivity contribution in [2.75, 3.05) is 4.05 Å². The molecule has 2 aromatic heterocycles. The first-order chi connectivity index (χ1) is 15.7. The first-order valence-corrected chi connectivity index (χ1v) is 16.3. The monoisotopic (exact) mass is 574 g/mol. The van der Waals surface area contributed by atoms with Gasteiger partial charge in [0.25, 0.3) is 5.56 Å². The number of pyridine rings is 2. The molecule has 0 saturated heterocycles. The maximum absolute atomic E-state index is 13.8. The van der Waals surface area contributed by atoms with E-state index in [0.717, 1.165) is 32.3 Å². The van der Waals surface area contributed by atoms with E-state index in [1.807, 2.05) is 30.3 Å². The van der Waals surface area contributed by atoms with E-state index in [4.69, 9.17) is 9.72 Å². The number of hydrogen-bond acceptors (Lipinski definition) is 5. The van der Waals surface area contributed by atoms with E-state index in [2.05, 4.69) is 41.8 Å². The number of halogens is 1. The Morgan fingerprint density at radius 3 is 2.76 bits per heavy atom. The summed E-state index contributed by atoms with van der Waals surface area (Å²) in [5, 5.41) is 12.4. The Morgan fingerprint density at radius 1 is 1.27 bits per heavy atom. The number of para-hydroxylation sites is 1. The molecule has 2 atom stereocenters. The molecule has 6 nitrogen and oxygen atoms in total. The van der Waals surface area contributed by atoms with Crippen molar-refractivity contribution in [2.24, 2.45) is 0 Å². The minimum absolute atomic E-state index is 0.139. The number of ether oxygens (including phenoxy) is 1. The standard InChI is InChI=1S/C25H27IN2O4Si/c1-4-25(31)17-12-19-22-16(11-15-7-5-6-8-18(15)27-22)13-28(19)23(29)21(17)20(32-24(25)30)9-10-33(2,3)14-26/h5-8,11-12,20,31H,4,9-10,13-14H2,1-3H3/t20?,25-/m0/s1. The van der Waals surface area contributed by atoms with Crippen molar-refractivity contribution >= 4 is 47.5 Å². The number of esters is 1. The Balaban J connectivity index is 1.69. The summed E-state index contributed by atoms with van der Waals surface area (Å²) in [6, 6.07) is 12.7. The molecule has 1 aromatic carbocycles. The van der Waals surface area contributed by atoms with Crippen LogP contribution in [0.5, 0.6) is 0 Å². The molecule has 172 valence electrons. The van der Waals surface area contributed by atoms with Crippen molar-refractivity contribution in [1.29, 1.82) is 0 Å². The van der Waals surface area contributed by atoms with E-state index in [1.165, 1.54) is 0 Å². The highest BCUT2D eigenvalue weighted by molar-refractivity contribution is 14.1. The second-order valence-electron chi connectivity index (χ2n) is 9.88. The summed E-state index contributed by atoms with van der Waals surface area (Å²) in [6.45, 7) is 6.77. The van der Waals surface area contributed by atoms with E-state index in [-0.39, 0.29) is 12.0 Å². The van der Waals surface area contributed by atoms with Gasteiger partial charge in [-0.15, -0.1) is 0 Å². The smallest absolute Gasteiger partial charge is 0.343 e. The average Bonchev–Trinajstić information content (AvgIpc) is 3.17. The number of carbonyl (C=O) groups is 1. The van der Waals surface area contributed by atoms with Crippen LogP contribution in [-0.2, 0) is 21.7 Å². The van der Waals surface area contributed by atoms with Crippen LogP contribution in [0.3, 0.4) is 0 Å². The number of benzene rings is 1. The van der Waals surface area contributed by atoms with Crippen molar-refractivity contribution < 1.29 is 14.6 Å². The van der Waals surface area contributed by atoms with Crippen LogP contribution in [0.2, 0.25) is 19.1 Å². The van der Waals surface area contributed by atoms with E-state index >= 15 is 0 Å². The van der Waals surface area contributed by atoms with Gasteiger partial charge in [0, 0.05) is 16.5 Å². The number of cyclic esters (lactones) is 1. The summed E-state index contributed by atoms with van der Waals surface area (Å²) < 4.78 is 8.55. The van der Waals surface area contributed by atoms with Crippen molar-refractivity contribution in [3.63, 3.8) is 0 Å². The molecule has 0 amide bonds. The summed E-state index contributed by atoms with van der Waals surface area (Å²) in [4.78, 5) is 31.6. The van der Waals surface area contributed by atoms with Crippen LogP contribution in [-0.4, -0.2) is 32.8 Å². The number of alkyl halides is 1. The minimum Gasteiger partial charge on any atom is -0.455 e. The summed E-state index contributed by atoms with van der Waals surface area (Å²) in [7, 11) is -1.45. The normalized spacial score (nSPS) is 21.5. The summed E-state index contributed by atoms with van der Waals surface area (Å²) in [5.74, 6) is -0.662. The van der Waals surface area contributed by atoms with Crippen molar-refractivity contribution in [3.05, 3.63) is 63.4 Å². The molecule has 0 aliphatic carbocycles. The first kappa shape index (κ1) is 22.7. The van der Waals surface area contributed by atoms with Gasteiger partial charge in [-0.05, 0) is 35.1 Å². The van der Waals surface area contributed by atoms with Gasteiger partial charge in [-0.25, -0.2) is 9.78 Å². The predicted octanol–water partition coefficient (Wildman–Crippen LogP) is 4.69. The molecular formula is C25H27IN2O4Si. The molecule has 0 saturated carbocycles. The van der Waals surface area contributed by atoms with Gasteiger partial charge in [0.15, 0.2) is 5.60 Å². The Morgan fingerprint density at radius 2 is 2.03 bits per heavy atom. The van der Waals surface area contributed by atoms with E-state index in [1.54, 1.807) is 11.5 Å². The number of aromatic nitrogens is 2. The van der Waals surface area contributed by atoms with E-state index < -0.39 is 25.7 Å². The van der Waals surface area contributed by atoms with Gasteiger partial charge in [-0.2, -0.15) is 0 Å². The largest absolute Gasteiger partial charge is 0.455 e. The molecule has 8 heteroatoms. The van der Waals surface area contributed by atoms with Crippen LogP contribution in [0.1, 0.15) is 42.6 Å². The Kier molecular flexibility index (Phi) is 5.53. The van der Waals surface area contributed by atoms with Gasteiger partial charge in [-0.3, -0.25) is 4.79 Å². The molecule has 1 unspecified atom stereocenters. The van der Waals surface area contributed by atoms with Crippen LogP contribution < -0.4 is 5.56 Å². The quantitative estimate of drug-likeness (QED) is 0.162. The Hall–Kier alpha value is -2.04. The number of aliphatic hydroxyl groups is 1. The van der Waals surface area contributed by atoms with Crippen molar-refractivity contribution in [3.8, 4) is 11.4 Å². The zero-order chi connectivity index (χ0) is 23.5. The van der Waals surface area contributed by atoms with E-state index in [9.17, 15) is 14.7 Å². The van der Waals surface area contributed by atoms with Gasteiger partial charge < -0.3 is 14.4 Å². The molecule has 2 aliphatic rings. The number of rotatable bonds is 5. The van der Waals surface area contributed by atoms with Crippen LogP contribution in [0.4, 0.5) is 0 Å². The van der Waals surface area contributed by atoms with Crippen molar-refractivity contribution in [1.82, 2.24) is 9.55 Å². The first-order valence-electron chi connectivity index (χ1n) is 11.3. The lowest BCUT2D eigenvalue weighted by Crippen LogP contribution is -2.46. The molecule has 0 radical (unpaired) electrons. The topological polar surface area (TPSA) is 81.4 Å². The summed E-state index contributed by atoms with van der Waals surface area (Å²) in [5.41, 5.74) is 2.01. The number of hydrogen-bond donors (Lipinski definition) is 1. The fraction of sp³-hybridized carbons (Fsp3) is 0.400. The van der Waals surface area contributed by atoms with Crippen LogP contribution in [0.25, 0.3) is 22.3 Å². The molecule has 33 heavy (non-hydrogen) atoms. The third-order valence-electron chi connectivity index (χ3n) is 7.02. The second kappa shape index (κ2) is 8.02. The predicted molar refractivity (Wildman–Crippen MR) is 139 cm³/mol. The molecule has 3 aromatic rings. The molecule has 4 heterocycles. The number of carbonyl (C=O) groups excluding carboxylic acids is 1. The fourth-order valence-corrected chi connectivity index (χ4v) is 7.19. The summed E-state index contributed by atoms with van der Waals surface area (Å²) in [6.07, 6.45) is 0.111. The van der Waals surface area contributed by atoms with Gasteiger partial charge >= 0.3 is 5.97 Å².